The maximum atomic E-state index is 12.0. The Balaban J connectivity index is 1.99. The molecule has 116 valence electrons. The molecular formula is C17H26N2O2. The highest BCUT2D eigenvalue weighted by Gasteiger charge is 2.29. The Hall–Kier alpha value is -1.55. The number of carbonyl (C=O) groups excluding carboxylic acids is 1. The van der Waals surface area contributed by atoms with Crippen molar-refractivity contribution in [2.24, 2.45) is 5.73 Å². The first kappa shape index (κ1) is 15.8. The molecule has 2 rings (SSSR count). The molecule has 2 N–H and O–H groups in total. The zero-order chi connectivity index (χ0) is 15.4. The van der Waals surface area contributed by atoms with E-state index in [0.717, 1.165) is 37.0 Å². The van der Waals surface area contributed by atoms with Gasteiger partial charge in [-0.1, -0.05) is 24.6 Å². The lowest BCUT2D eigenvalue weighted by atomic mass is 10.0. The van der Waals surface area contributed by atoms with E-state index in [-0.39, 0.29) is 18.6 Å². The van der Waals surface area contributed by atoms with Crippen molar-refractivity contribution in [3.05, 3.63) is 29.3 Å². The van der Waals surface area contributed by atoms with Gasteiger partial charge in [-0.25, -0.2) is 0 Å². The largest absolute Gasteiger partial charge is 0.483 e. The van der Waals surface area contributed by atoms with Crippen molar-refractivity contribution in [1.29, 1.82) is 0 Å². The third-order valence-electron chi connectivity index (χ3n) is 4.06. The second-order valence-corrected chi connectivity index (χ2v) is 6.01. The predicted molar refractivity (Wildman–Crippen MR) is 84.4 cm³/mol. The van der Waals surface area contributed by atoms with Crippen molar-refractivity contribution in [2.75, 3.05) is 13.7 Å². The smallest absolute Gasteiger partial charge is 0.260 e. The molecule has 0 saturated heterocycles. The van der Waals surface area contributed by atoms with Crippen LogP contribution < -0.4 is 10.5 Å². The van der Waals surface area contributed by atoms with Gasteiger partial charge in [0.05, 0.1) is 0 Å². The summed E-state index contributed by atoms with van der Waals surface area (Å²) in [5, 5.41) is 0. The van der Waals surface area contributed by atoms with Crippen molar-refractivity contribution >= 4 is 5.91 Å². The summed E-state index contributed by atoms with van der Waals surface area (Å²) in [5.41, 5.74) is 8.32. The summed E-state index contributed by atoms with van der Waals surface area (Å²) in [4.78, 5) is 13.8. The summed E-state index contributed by atoms with van der Waals surface area (Å²) in [7, 11) is 1.85. The van der Waals surface area contributed by atoms with Crippen LogP contribution in [0.4, 0.5) is 0 Å². The van der Waals surface area contributed by atoms with Gasteiger partial charge >= 0.3 is 0 Å². The van der Waals surface area contributed by atoms with E-state index in [4.69, 9.17) is 10.5 Å². The van der Waals surface area contributed by atoms with E-state index in [0.29, 0.717) is 6.04 Å². The van der Waals surface area contributed by atoms with Gasteiger partial charge < -0.3 is 15.4 Å². The van der Waals surface area contributed by atoms with Gasteiger partial charge in [0.15, 0.2) is 6.61 Å². The summed E-state index contributed by atoms with van der Waals surface area (Å²) in [5.74, 6) is 0.825. The summed E-state index contributed by atoms with van der Waals surface area (Å²) in [6, 6.07) is 6.59. The molecule has 1 aromatic rings. The quantitative estimate of drug-likeness (QED) is 0.838. The Morgan fingerprint density at radius 1 is 1.48 bits per heavy atom. The van der Waals surface area contributed by atoms with Gasteiger partial charge in [0.2, 0.25) is 0 Å². The van der Waals surface area contributed by atoms with Crippen LogP contribution in [0.25, 0.3) is 0 Å². The van der Waals surface area contributed by atoms with Gasteiger partial charge in [-0.05, 0) is 44.2 Å². The number of nitrogens with two attached hydrogens (primary N) is 1. The third-order valence-corrected chi connectivity index (χ3v) is 4.06. The Kier molecular flexibility index (Phi) is 5.23. The minimum absolute atomic E-state index is 0.0452. The number of ether oxygens (including phenoxy) is 1. The second kappa shape index (κ2) is 6.94. The second-order valence-electron chi connectivity index (χ2n) is 6.01. The van der Waals surface area contributed by atoms with Crippen molar-refractivity contribution < 1.29 is 9.53 Å². The Morgan fingerprint density at radius 2 is 2.19 bits per heavy atom. The predicted octanol–water partition coefficient (Wildman–Crippen LogP) is 2.27. The van der Waals surface area contributed by atoms with Crippen molar-refractivity contribution in [2.45, 2.75) is 51.6 Å². The van der Waals surface area contributed by atoms with Crippen LogP contribution in [-0.4, -0.2) is 36.5 Å². The van der Waals surface area contributed by atoms with E-state index in [1.54, 1.807) is 4.90 Å². The first-order valence-electron chi connectivity index (χ1n) is 7.74. The van der Waals surface area contributed by atoms with Crippen LogP contribution in [-0.2, 0) is 11.2 Å². The summed E-state index contributed by atoms with van der Waals surface area (Å²) < 4.78 is 5.75. The van der Waals surface area contributed by atoms with Crippen LogP contribution >= 0.6 is 0 Å². The molecule has 0 radical (unpaired) electrons. The van der Waals surface area contributed by atoms with Crippen LogP contribution in [0.1, 0.15) is 37.3 Å². The molecule has 1 aromatic carbocycles. The third kappa shape index (κ3) is 4.46. The van der Waals surface area contributed by atoms with Crippen LogP contribution in [0.2, 0.25) is 0 Å². The Labute approximate surface area is 127 Å². The molecule has 1 unspecified atom stereocenters. The molecule has 0 heterocycles. The molecule has 4 nitrogen and oxygen atoms in total. The van der Waals surface area contributed by atoms with Gasteiger partial charge in [0, 0.05) is 19.1 Å². The van der Waals surface area contributed by atoms with Crippen molar-refractivity contribution in [3.63, 3.8) is 0 Å². The lowest BCUT2D eigenvalue weighted by Gasteiger charge is -2.18. The van der Waals surface area contributed by atoms with Gasteiger partial charge in [-0.15, -0.1) is 0 Å². The molecule has 1 amide bonds. The summed E-state index contributed by atoms with van der Waals surface area (Å²) in [6.45, 7) is 4.23. The van der Waals surface area contributed by atoms with E-state index in [1.165, 1.54) is 5.56 Å². The number of rotatable bonds is 7. The maximum absolute atomic E-state index is 12.0. The number of carbonyl (C=O) groups is 1. The molecule has 0 bridgehead atoms. The fraction of sp³-hybridized carbons (Fsp3) is 0.588. The average Bonchev–Trinajstić information content (AvgIpc) is 3.29. The highest BCUT2D eigenvalue weighted by molar-refractivity contribution is 5.78. The topological polar surface area (TPSA) is 55.6 Å². The van der Waals surface area contributed by atoms with Crippen LogP contribution in [0.5, 0.6) is 5.75 Å². The van der Waals surface area contributed by atoms with Crippen LogP contribution in [0.3, 0.4) is 0 Å². The number of amides is 1. The zero-order valence-corrected chi connectivity index (χ0v) is 13.3. The molecule has 1 saturated carbocycles. The van der Waals surface area contributed by atoms with Gasteiger partial charge in [0.25, 0.3) is 5.91 Å². The van der Waals surface area contributed by atoms with Gasteiger partial charge in [0.1, 0.15) is 5.75 Å². The summed E-state index contributed by atoms with van der Waals surface area (Å²) in [6.07, 6.45) is 3.93. The number of hydrogen-bond donors (Lipinski definition) is 1. The van der Waals surface area contributed by atoms with E-state index in [2.05, 4.69) is 19.9 Å². The fourth-order valence-electron chi connectivity index (χ4n) is 2.34. The molecular weight excluding hydrogens is 264 g/mol. The number of aryl methyl sites for hydroxylation is 1. The normalized spacial score (nSPS) is 15.6. The molecule has 21 heavy (non-hydrogen) atoms. The van der Waals surface area contributed by atoms with Gasteiger partial charge in [-0.2, -0.15) is 0 Å². The van der Waals surface area contributed by atoms with Crippen molar-refractivity contribution in [3.8, 4) is 5.75 Å². The fourth-order valence-corrected chi connectivity index (χ4v) is 2.34. The number of likely N-dealkylation sites (N-methyl/N-ethyl adjacent to an activating group) is 1. The minimum atomic E-state index is 0.0452. The van der Waals surface area contributed by atoms with E-state index in [1.807, 2.05) is 19.2 Å². The number of benzene rings is 1. The maximum Gasteiger partial charge on any atom is 0.260 e. The van der Waals surface area contributed by atoms with Crippen LogP contribution in [0.15, 0.2) is 18.2 Å². The standard InChI is InChI=1S/C17H26N2O2/c1-4-14(18)10-13-9-12(2)5-8-16(13)21-11-17(20)19(3)15-6-7-15/h5,8-9,14-15H,4,6-7,10-11,18H2,1-3H3. The molecule has 0 spiro atoms. The van der Waals surface area contributed by atoms with E-state index in [9.17, 15) is 4.79 Å². The minimum Gasteiger partial charge on any atom is -0.483 e. The first-order chi connectivity index (χ1) is 10.0. The highest BCUT2D eigenvalue weighted by Crippen LogP contribution is 2.26. The Bertz CT molecular complexity index is 498. The molecule has 0 aliphatic heterocycles. The molecule has 1 aliphatic rings. The molecule has 1 aliphatic carbocycles. The molecule has 1 fully saturated rings. The average molecular weight is 290 g/mol. The van der Waals surface area contributed by atoms with Crippen LogP contribution in [0, 0.1) is 6.92 Å². The zero-order valence-electron chi connectivity index (χ0n) is 13.3. The molecule has 4 heteroatoms. The number of nitrogens with zero attached hydrogens (tertiary/aromatic N) is 1. The van der Waals surface area contributed by atoms with E-state index >= 15 is 0 Å². The summed E-state index contributed by atoms with van der Waals surface area (Å²) >= 11 is 0. The molecule has 1 atom stereocenters. The lowest BCUT2D eigenvalue weighted by Crippen LogP contribution is -2.33. The van der Waals surface area contributed by atoms with Crippen molar-refractivity contribution in [1.82, 2.24) is 4.90 Å². The highest BCUT2D eigenvalue weighted by atomic mass is 16.5. The SMILES string of the molecule is CCC(N)Cc1cc(C)ccc1OCC(=O)N(C)C1CC1. The molecule has 0 aromatic heterocycles. The monoisotopic (exact) mass is 290 g/mol. The lowest BCUT2D eigenvalue weighted by molar-refractivity contribution is -0.132. The Morgan fingerprint density at radius 3 is 2.81 bits per heavy atom. The number of hydrogen-bond acceptors (Lipinski definition) is 3. The van der Waals surface area contributed by atoms with E-state index < -0.39 is 0 Å². The van der Waals surface area contributed by atoms with Gasteiger partial charge in [-0.3, -0.25) is 4.79 Å². The first-order valence-corrected chi connectivity index (χ1v) is 7.74.